The van der Waals surface area contributed by atoms with Gasteiger partial charge >= 0.3 is 11.9 Å². The van der Waals surface area contributed by atoms with Crippen LogP contribution in [0.4, 0.5) is 0 Å². The molecule has 1 fully saturated rings. The summed E-state index contributed by atoms with van der Waals surface area (Å²) in [5, 5.41) is 38.4. The van der Waals surface area contributed by atoms with E-state index >= 15 is 0 Å². The highest BCUT2D eigenvalue weighted by Gasteiger charge is 2.29. The molecule has 1 aromatic rings. The third kappa shape index (κ3) is 8.99. The predicted octanol–water partition coefficient (Wildman–Crippen LogP) is -0.400. The Balaban J connectivity index is 1.82. The Kier molecular flexibility index (Phi) is 10.5. The quantitative estimate of drug-likeness (QED) is 0.329. The minimum absolute atomic E-state index is 0.0977. The number of carboxylic acid groups (broad SMARTS) is 2. The number of nitrogens with zero attached hydrogens (tertiary/aromatic N) is 4. The van der Waals surface area contributed by atoms with Crippen molar-refractivity contribution in [2.24, 2.45) is 0 Å². The van der Waals surface area contributed by atoms with E-state index in [0.717, 1.165) is 49.6 Å². The van der Waals surface area contributed by atoms with Gasteiger partial charge in [-0.15, -0.1) is 0 Å². The Bertz CT molecular complexity index is 866. The first-order valence-electron chi connectivity index (χ1n) is 12.5. The van der Waals surface area contributed by atoms with E-state index in [1.54, 1.807) is 13.8 Å². The number of carbonyl (C=O) groups is 2. The van der Waals surface area contributed by atoms with E-state index in [-0.39, 0.29) is 25.7 Å². The molecule has 36 heavy (non-hydrogen) atoms. The number of carboxylic acids is 2. The lowest BCUT2D eigenvalue weighted by molar-refractivity contribution is -0.142. The number of aliphatic hydroxyl groups excluding tert-OH is 2. The molecule has 0 saturated carbocycles. The summed E-state index contributed by atoms with van der Waals surface area (Å²) < 4.78 is 6.24. The number of hydrogen-bond donors (Lipinski definition) is 4. The molecule has 2 aliphatic heterocycles. The molecule has 1 aromatic carbocycles. The van der Waals surface area contributed by atoms with Crippen LogP contribution in [0.1, 0.15) is 25.0 Å². The highest BCUT2D eigenvalue weighted by Crippen LogP contribution is 2.26. The molecule has 11 nitrogen and oxygen atoms in total. The fourth-order valence-electron chi connectivity index (χ4n) is 5.02. The normalized spacial score (nSPS) is 23.2. The van der Waals surface area contributed by atoms with Gasteiger partial charge in [0, 0.05) is 64.5 Å². The van der Waals surface area contributed by atoms with E-state index in [2.05, 4.69) is 14.7 Å². The van der Waals surface area contributed by atoms with Gasteiger partial charge in [-0.2, -0.15) is 0 Å². The van der Waals surface area contributed by atoms with Crippen molar-refractivity contribution in [2.45, 2.75) is 45.2 Å². The van der Waals surface area contributed by atoms with Crippen molar-refractivity contribution in [3.05, 3.63) is 29.3 Å². The van der Waals surface area contributed by atoms with Gasteiger partial charge in [-0.05, 0) is 31.5 Å². The van der Waals surface area contributed by atoms with E-state index in [9.17, 15) is 19.8 Å². The summed E-state index contributed by atoms with van der Waals surface area (Å²) in [5.74, 6) is -1.39. The van der Waals surface area contributed by atoms with E-state index in [4.69, 9.17) is 14.9 Å². The summed E-state index contributed by atoms with van der Waals surface area (Å²) in [4.78, 5) is 30.6. The molecule has 0 aliphatic carbocycles. The Morgan fingerprint density at radius 1 is 1.03 bits per heavy atom. The van der Waals surface area contributed by atoms with Crippen LogP contribution in [-0.4, -0.2) is 136 Å². The van der Waals surface area contributed by atoms with Gasteiger partial charge in [0.1, 0.15) is 12.4 Å². The molecule has 0 aromatic heterocycles. The van der Waals surface area contributed by atoms with Crippen LogP contribution in [0, 0.1) is 0 Å². The van der Waals surface area contributed by atoms with E-state index in [1.807, 2.05) is 18.2 Å². The zero-order valence-electron chi connectivity index (χ0n) is 21.3. The SMILES string of the molecule is C[C@H](O)CN1CCN2Cc3cc(CN(CC(=O)O)CC(=O)O)ccc3OCC(C2)N(C[C@H](C)O)CC1. The van der Waals surface area contributed by atoms with Crippen molar-refractivity contribution in [2.75, 3.05) is 65.5 Å². The van der Waals surface area contributed by atoms with Gasteiger partial charge in [-0.25, -0.2) is 0 Å². The average Bonchev–Trinajstić information content (AvgIpc) is 2.81. The van der Waals surface area contributed by atoms with Gasteiger partial charge < -0.3 is 25.2 Å². The van der Waals surface area contributed by atoms with Crippen LogP contribution < -0.4 is 4.74 Å². The van der Waals surface area contributed by atoms with Gasteiger partial charge in [-0.3, -0.25) is 29.2 Å². The number of rotatable bonds is 10. The highest BCUT2D eigenvalue weighted by molar-refractivity contribution is 5.72. The number of fused-ring (bicyclic) bond motifs is 3. The number of aliphatic hydroxyl groups is 2. The molecule has 0 radical (unpaired) electrons. The maximum absolute atomic E-state index is 11.2. The minimum atomic E-state index is -1.07. The van der Waals surface area contributed by atoms with Crippen LogP contribution in [0.25, 0.3) is 0 Å². The maximum Gasteiger partial charge on any atom is 0.317 e. The minimum Gasteiger partial charge on any atom is -0.492 e. The number of β-amino-alcohol motifs (C(OH)–C–C–N with tert-alkyl or cyclic N) is 2. The topological polar surface area (TPSA) is 137 Å². The van der Waals surface area contributed by atoms with Gasteiger partial charge in [0.25, 0.3) is 0 Å². The number of ether oxygens (including phenoxy) is 1. The van der Waals surface area contributed by atoms with Crippen LogP contribution in [0.15, 0.2) is 18.2 Å². The molecule has 2 heterocycles. The highest BCUT2D eigenvalue weighted by atomic mass is 16.5. The molecule has 1 saturated heterocycles. The molecule has 202 valence electrons. The van der Waals surface area contributed by atoms with Crippen LogP contribution in [0.5, 0.6) is 5.75 Å². The molecule has 2 bridgehead atoms. The first kappa shape index (κ1) is 28.3. The van der Waals surface area contributed by atoms with E-state index in [0.29, 0.717) is 26.2 Å². The Labute approximate surface area is 212 Å². The molecule has 4 N–H and O–H groups in total. The van der Waals surface area contributed by atoms with Crippen LogP contribution >= 0.6 is 0 Å². The zero-order valence-corrected chi connectivity index (χ0v) is 21.3. The monoisotopic (exact) mass is 508 g/mol. The lowest BCUT2D eigenvalue weighted by Crippen LogP contribution is -2.50. The number of aliphatic carboxylic acids is 2. The van der Waals surface area contributed by atoms with Gasteiger partial charge in [0.15, 0.2) is 0 Å². The van der Waals surface area contributed by atoms with Crippen molar-refractivity contribution in [3.63, 3.8) is 0 Å². The molecule has 0 spiro atoms. The second kappa shape index (κ2) is 13.3. The summed E-state index contributed by atoms with van der Waals surface area (Å²) in [6.07, 6.45) is -0.897. The standard InChI is InChI=1S/C25H40N4O7/c1-18(30)10-26-5-6-27-13-21-9-20(12-28(15-24(32)33)16-25(34)35)3-4-23(21)36-17-22(14-27)29(8-7-26)11-19(2)31/h3-4,9,18-19,22,30-31H,5-8,10-17H2,1-2H3,(H,32,33)(H,34,35)/t18-,19-,22?/m0/s1. The Morgan fingerprint density at radius 2 is 1.69 bits per heavy atom. The van der Waals surface area contributed by atoms with E-state index < -0.39 is 24.1 Å². The molecular weight excluding hydrogens is 468 g/mol. The molecule has 2 unspecified atom stereocenters. The number of benzene rings is 1. The van der Waals surface area contributed by atoms with Crippen LogP contribution in [-0.2, 0) is 22.7 Å². The molecular formula is C25H40N4O7. The lowest BCUT2D eigenvalue weighted by Gasteiger charge is -2.37. The van der Waals surface area contributed by atoms with Gasteiger partial charge in [-0.1, -0.05) is 6.07 Å². The summed E-state index contributed by atoms with van der Waals surface area (Å²) in [5.41, 5.74) is 1.80. The second-order valence-corrected chi connectivity index (χ2v) is 10.1. The van der Waals surface area contributed by atoms with Crippen molar-refractivity contribution < 1.29 is 34.8 Å². The molecule has 3 rings (SSSR count). The third-order valence-corrected chi connectivity index (χ3v) is 6.52. The maximum atomic E-state index is 11.2. The van der Waals surface area contributed by atoms with Crippen LogP contribution in [0.3, 0.4) is 0 Å². The molecule has 11 heteroatoms. The molecule has 0 amide bonds. The van der Waals surface area contributed by atoms with Gasteiger partial charge in [0.2, 0.25) is 0 Å². The largest absolute Gasteiger partial charge is 0.492 e. The summed E-state index contributed by atoms with van der Waals surface area (Å²) in [6, 6.07) is 5.80. The second-order valence-electron chi connectivity index (χ2n) is 10.1. The van der Waals surface area contributed by atoms with Crippen molar-refractivity contribution in [3.8, 4) is 5.75 Å². The smallest absolute Gasteiger partial charge is 0.317 e. The first-order chi connectivity index (χ1) is 17.1. The number of hydrogen-bond acceptors (Lipinski definition) is 9. The first-order valence-corrected chi connectivity index (χ1v) is 12.5. The fraction of sp³-hybridized carbons (Fsp3) is 0.680. The Hall–Kier alpha value is -2.28. The van der Waals surface area contributed by atoms with Crippen molar-refractivity contribution in [1.82, 2.24) is 19.6 Å². The average molecular weight is 509 g/mol. The molecule has 2 aliphatic rings. The Morgan fingerprint density at radius 3 is 2.33 bits per heavy atom. The predicted molar refractivity (Wildman–Crippen MR) is 133 cm³/mol. The third-order valence-electron chi connectivity index (χ3n) is 6.52. The van der Waals surface area contributed by atoms with Crippen LogP contribution in [0.2, 0.25) is 0 Å². The lowest BCUT2D eigenvalue weighted by atomic mass is 10.1. The van der Waals surface area contributed by atoms with Gasteiger partial charge in [0.05, 0.1) is 31.3 Å². The van der Waals surface area contributed by atoms with Crippen molar-refractivity contribution >= 4 is 11.9 Å². The summed E-state index contributed by atoms with van der Waals surface area (Å²) >= 11 is 0. The van der Waals surface area contributed by atoms with Crippen molar-refractivity contribution in [1.29, 1.82) is 0 Å². The summed E-state index contributed by atoms with van der Waals surface area (Å²) in [7, 11) is 0. The summed E-state index contributed by atoms with van der Waals surface area (Å²) in [6.45, 7) is 9.24. The molecule has 4 atom stereocenters. The van der Waals surface area contributed by atoms with E-state index in [1.165, 1.54) is 4.90 Å². The zero-order chi connectivity index (χ0) is 26.2. The fourth-order valence-corrected chi connectivity index (χ4v) is 5.02.